The van der Waals surface area contributed by atoms with Crippen LogP contribution in [-0.2, 0) is 4.79 Å². The summed E-state index contributed by atoms with van der Waals surface area (Å²) in [6.45, 7) is 4.95. The fraction of sp³-hybridized carbons (Fsp3) is 0.625. The molecule has 0 rings (SSSR count). The van der Waals surface area contributed by atoms with E-state index in [4.69, 9.17) is 15.3 Å². The quantitative estimate of drug-likeness (QED) is 0.419. The van der Waals surface area contributed by atoms with Crippen LogP contribution in [0.25, 0.3) is 0 Å². The zero-order valence-electron chi connectivity index (χ0n) is 7.08. The van der Waals surface area contributed by atoms with Crippen molar-refractivity contribution in [3.63, 3.8) is 0 Å². The van der Waals surface area contributed by atoms with Gasteiger partial charge in [-0.2, -0.15) is 0 Å². The Balaban J connectivity index is 4.19. The van der Waals surface area contributed by atoms with Crippen LogP contribution in [0.15, 0.2) is 12.2 Å². The molecule has 0 bridgehead atoms. The van der Waals surface area contributed by atoms with Crippen LogP contribution in [0.3, 0.4) is 0 Å². The van der Waals surface area contributed by atoms with Crippen LogP contribution in [0.4, 0.5) is 0 Å². The Hall–Kier alpha value is -0.870. The van der Waals surface area contributed by atoms with E-state index in [2.05, 4.69) is 6.58 Å². The summed E-state index contributed by atoms with van der Waals surface area (Å²) in [5, 5.41) is 26.7. The van der Waals surface area contributed by atoms with Crippen molar-refractivity contribution in [2.45, 2.75) is 32.0 Å². The van der Waals surface area contributed by atoms with E-state index in [1.807, 2.05) is 6.92 Å². The topological polar surface area (TPSA) is 77.8 Å². The van der Waals surface area contributed by atoms with Gasteiger partial charge >= 0.3 is 5.97 Å². The number of hydrogen-bond acceptors (Lipinski definition) is 3. The molecule has 0 aliphatic rings. The number of carboxylic acids is 1. The first kappa shape index (κ1) is 11.1. The Morgan fingerprint density at radius 1 is 1.50 bits per heavy atom. The lowest BCUT2D eigenvalue weighted by Crippen LogP contribution is -2.33. The zero-order valence-corrected chi connectivity index (χ0v) is 7.08. The third-order valence-corrected chi connectivity index (χ3v) is 1.62. The third kappa shape index (κ3) is 3.02. The van der Waals surface area contributed by atoms with Crippen LogP contribution in [0.2, 0.25) is 0 Å². The molecule has 0 aromatic rings. The summed E-state index contributed by atoms with van der Waals surface area (Å²) in [5.41, 5.74) is -0.573. The zero-order chi connectivity index (χ0) is 9.78. The van der Waals surface area contributed by atoms with Crippen LogP contribution in [0, 0.1) is 0 Å². The van der Waals surface area contributed by atoms with E-state index in [1.54, 1.807) is 0 Å². The molecule has 0 aliphatic carbocycles. The van der Waals surface area contributed by atoms with Crippen LogP contribution < -0.4 is 0 Å². The predicted molar refractivity (Wildman–Crippen MR) is 43.5 cm³/mol. The first-order valence-corrected chi connectivity index (χ1v) is 3.79. The first-order valence-electron chi connectivity index (χ1n) is 3.79. The van der Waals surface area contributed by atoms with Gasteiger partial charge in [-0.05, 0) is 6.42 Å². The lowest BCUT2D eigenvalue weighted by molar-refractivity contribution is -0.156. The molecule has 0 atom stereocenters. The Morgan fingerprint density at radius 3 is 2.33 bits per heavy atom. The lowest BCUT2D eigenvalue weighted by Gasteiger charge is -2.20. The monoisotopic (exact) mass is 174 g/mol. The average molecular weight is 174 g/mol. The van der Waals surface area contributed by atoms with Crippen LogP contribution in [0.5, 0.6) is 0 Å². The minimum Gasteiger partial charge on any atom is -0.478 e. The molecule has 4 nitrogen and oxygen atoms in total. The molecule has 0 aromatic carbocycles. The molecule has 3 N–H and O–H groups in total. The van der Waals surface area contributed by atoms with Crippen molar-refractivity contribution < 1.29 is 20.1 Å². The summed E-state index contributed by atoms with van der Waals surface area (Å²) in [6.07, 6.45) is 1.34. The van der Waals surface area contributed by atoms with Gasteiger partial charge in [-0.15, -0.1) is 0 Å². The number of aliphatic hydroxyl groups is 2. The molecule has 0 radical (unpaired) electrons. The van der Waals surface area contributed by atoms with Gasteiger partial charge in [-0.25, -0.2) is 4.79 Å². The maximum absolute atomic E-state index is 10.3. The van der Waals surface area contributed by atoms with Crippen molar-refractivity contribution in [3.05, 3.63) is 12.2 Å². The summed E-state index contributed by atoms with van der Waals surface area (Å²) in [5.74, 6) is -3.64. The summed E-state index contributed by atoms with van der Waals surface area (Å²) in [7, 11) is 0. The molecule has 0 saturated heterocycles. The number of rotatable bonds is 5. The molecular formula is C8H14O4. The number of unbranched alkanes of at least 4 members (excludes halogenated alkanes) is 1. The minimum atomic E-state index is -2.26. The maximum atomic E-state index is 10.3. The van der Waals surface area contributed by atoms with Crippen molar-refractivity contribution >= 4 is 5.97 Å². The van der Waals surface area contributed by atoms with Gasteiger partial charge in [0, 0.05) is 6.42 Å². The highest BCUT2D eigenvalue weighted by Crippen LogP contribution is 2.18. The van der Waals surface area contributed by atoms with Crippen molar-refractivity contribution in [2.24, 2.45) is 0 Å². The highest BCUT2D eigenvalue weighted by molar-refractivity contribution is 5.87. The van der Waals surface area contributed by atoms with E-state index < -0.39 is 17.3 Å². The molecule has 70 valence electrons. The van der Waals surface area contributed by atoms with Gasteiger partial charge in [0.1, 0.15) is 0 Å². The van der Waals surface area contributed by atoms with E-state index in [0.717, 1.165) is 6.42 Å². The van der Waals surface area contributed by atoms with E-state index >= 15 is 0 Å². The lowest BCUT2D eigenvalue weighted by atomic mass is 10.0. The molecule has 0 aliphatic heterocycles. The SMILES string of the molecule is C=C(C(=O)O)C(O)(O)CCCC. The van der Waals surface area contributed by atoms with Gasteiger partial charge in [0.25, 0.3) is 0 Å². The van der Waals surface area contributed by atoms with Crippen molar-refractivity contribution in [1.82, 2.24) is 0 Å². The number of hydrogen-bond donors (Lipinski definition) is 3. The second-order valence-electron chi connectivity index (χ2n) is 2.70. The van der Waals surface area contributed by atoms with Gasteiger partial charge in [-0.1, -0.05) is 19.9 Å². The van der Waals surface area contributed by atoms with E-state index in [0.29, 0.717) is 6.42 Å². The number of carbonyl (C=O) groups is 1. The Bertz CT molecular complexity index is 183. The van der Waals surface area contributed by atoms with Gasteiger partial charge in [0.2, 0.25) is 0 Å². The highest BCUT2D eigenvalue weighted by Gasteiger charge is 2.30. The van der Waals surface area contributed by atoms with Gasteiger partial charge < -0.3 is 15.3 Å². The molecular weight excluding hydrogens is 160 g/mol. The molecule has 0 fully saturated rings. The smallest absolute Gasteiger partial charge is 0.336 e. The fourth-order valence-corrected chi connectivity index (χ4v) is 0.745. The summed E-state index contributed by atoms with van der Waals surface area (Å²) < 4.78 is 0. The van der Waals surface area contributed by atoms with Crippen LogP contribution in [0.1, 0.15) is 26.2 Å². The second kappa shape index (κ2) is 4.23. The summed E-state index contributed by atoms with van der Waals surface area (Å²) >= 11 is 0. The highest BCUT2D eigenvalue weighted by atomic mass is 16.5. The number of carboxylic acid groups (broad SMARTS) is 1. The van der Waals surface area contributed by atoms with Gasteiger partial charge in [0.15, 0.2) is 5.79 Å². The summed E-state index contributed by atoms with van der Waals surface area (Å²) in [6, 6.07) is 0. The molecule has 0 amide bonds. The van der Waals surface area contributed by atoms with Gasteiger partial charge in [0.05, 0.1) is 5.57 Å². The van der Waals surface area contributed by atoms with Gasteiger partial charge in [-0.3, -0.25) is 0 Å². The molecule has 12 heavy (non-hydrogen) atoms. The van der Waals surface area contributed by atoms with Crippen LogP contribution >= 0.6 is 0 Å². The Kier molecular flexibility index (Phi) is 3.92. The van der Waals surface area contributed by atoms with Crippen molar-refractivity contribution in [3.8, 4) is 0 Å². The second-order valence-corrected chi connectivity index (χ2v) is 2.70. The first-order chi connectivity index (χ1) is 5.41. The van der Waals surface area contributed by atoms with E-state index in [9.17, 15) is 4.79 Å². The maximum Gasteiger partial charge on any atom is 0.336 e. The Labute approximate surface area is 71.1 Å². The molecule has 0 saturated carbocycles. The molecule has 0 aromatic heterocycles. The van der Waals surface area contributed by atoms with Crippen LogP contribution in [-0.4, -0.2) is 27.1 Å². The van der Waals surface area contributed by atoms with Crippen molar-refractivity contribution in [1.29, 1.82) is 0 Å². The van der Waals surface area contributed by atoms with Crippen molar-refractivity contribution in [2.75, 3.05) is 0 Å². The normalized spacial score (nSPS) is 11.2. The largest absolute Gasteiger partial charge is 0.478 e. The Morgan fingerprint density at radius 2 is 2.00 bits per heavy atom. The molecule has 0 heterocycles. The third-order valence-electron chi connectivity index (χ3n) is 1.62. The fourth-order valence-electron chi connectivity index (χ4n) is 0.745. The minimum absolute atomic E-state index is 0.00856. The standard InChI is InChI=1S/C8H14O4/c1-3-4-5-8(11,12)6(2)7(9)10/h11-12H,2-5H2,1H3,(H,9,10). The predicted octanol–water partition coefficient (Wildman–Crippen LogP) is 0.498. The summed E-state index contributed by atoms with van der Waals surface area (Å²) in [4.78, 5) is 10.3. The average Bonchev–Trinajstić information content (AvgIpc) is 1.99. The number of aliphatic carboxylic acids is 1. The van der Waals surface area contributed by atoms with E-state index in [-0.39, 0.29) is 6.42 Å². The molecule has 0 spiro atoms. The molecule has 0 unspecified atom stereocenters. The van der Waals surface area contributed by atoms with E-state index in [1.165, 1.54) is 0 Å². The molecule has 4 heteroatoms.